The maximum Gasteiger partial charge on any atom is 0.226 e. The number of hydrogen-bond donors (Lipinski definition) is 2. The van der Waals surface area contributed by atoms with Gasteiger partial charge in [0, 0.05) is 30.0 Å². The molecule has 30 heavy (non-hydrogen) atoms. The molecule has 0 aliphatic rings. The summed E-state index contributed by atoms with van der Waals surface area (Å²) >= 11 is 1.17. The van der Waals surface area contributed by atoms with Crippen LogP contribution in [0, 0.1) is 11.6 Å². The van der Waals surface area contributed by atoms with Crippen LogP contribution in [0.25, 0.3) is 11.3 Å². The summed E-state index contributed by atoms with van der Waals surface area (Å²) in [6.07, 6.45) is 0.491. The van der Waals surface area contributed by atoms with E-state index in [0.29, 0.717) is 28.5 Å². The molecule has 0 unspecified atom stereocenters. The van der Waals surface area contributed by atoms with Crippen LogP contribution in [0.3, 0.4) is 0 Å². The molecule has 6 nitrogen and oxygen atoms in total. The first-order valence-electron chi connectivity index (χ1n) is 9.01. The van der Waals surface area contributed by atoms with Crippen LogP contribution in [-0.4, -0.2) is 23.9 Å². The van der Waals surface area contributed by atoms with Crippen molar-refractivity contribution >= 4 is 34.0 Å². The lowest BCUT2D eigenvalue weighted by Gasteiger charge is -2.06. The summed E-state index contributed by atoms with van der Waals surface area (Å²) < 4.78 is 32.9. The van der Waals surface area contributed by atoms with Gasteiger partial charge in [-0.15, -0.1) is 11.3 Å². The lowest BCUT2D eigenvalue weighted by Crippen LogP contribution is -2.12. The van der Waals surface area contributed by atoms with Crippen molar-refractivity contribution in [1.82, 2.24) is 4.98 Å². The second-order valence-electron chi connectivity index (χ2n) is 6.43. The maximum absolute atomic E-state index is 14.3. The van der Waals surface area contributed by atoms with E-state index in [1.165, 1.54) is 49.6 Å². The van der Waals surface area contributed by atoms with Crippen molar-refractivity contribution in [1.29, 1.82) is 0 Å². The van der Waals surface area contributed by atoms with Crippen LogP contribution in [0.2, 0.25) is 0 Å². The van der Waals surface area contributed by atoms with Gasteiger partial charge in [0.2, 0.25) is 11.8 Å². The quantitative estimate of drug-likeness (QED) is 0.572. The number of amides is 2. The minimum absolute atomic E-state index is 0.139. The number of carbonyl (C=O) groups excluding carboxylic acids is 2. The zero-order chi connectivity index (χ0) is 21.7. The summed E-state index contributed by atoms with van der Waals surface area (Å²) in [4.78, 5) is 27.5. The van der Waals surface area contributed by atoms with E-state index < -0.39 is 11.6 Å². The molecule has 0 radical (unpaired) electrons. The number of hydrogen-bond acceptors (Lipinski definition) is 5. The Kier molecular flexibility index (Phi) is 6.73. The highest BCUT2D eigenvalue weighted by Gasteiger charge is 2.13. The third-order valence-electron chi connectivity index (χ3n) is 4.17. The molecule has 2 N–H and O–H groups in total. The molecule has 0 atom stereocenters. The molecule has 0 saturated heterocycles. The van der Waals surface area contributed by atoms with Crippen LogP contribution in [0.5, 0.6) is 5.75 Å². The Hall–Kier alpha value is -3.33. The van der Waals surface area contributed by atoms with Gasteiger partial charge in [-0.2, -0.15) is 0 Å². The SMILES string of the molecule is COc1ccc(CCC(=O)Nc2nc(-c3ccc(NC(C)=O)cc3F)cs2)cc1F. The van der Waals surface area contributed by atoms with Crippen LogP contribution in [-0.2, 0) is 16.0 Å². The van der Waals surface area contributed by atoms with Gasteiger partial charge in [0.15, 0.2) is 16.7 Å². The third kappa shape index (κ3) is 5.38. The second kappa shape index (κ2) is 9.45. The molecule has 0 aliphatic heterocycles. The largest absolute Gasteiger partial charge is 0.494 e. The van der Waals surface area contributed by atoms with Gasteiger partial charge in [0.05, 0.1) is 12.8 Å². The smallest absolute Gasteiger partial charge is 0.226 e. The Morgan fingerprint density at radius 2 is 1.90 bits per heavy atom. The number of benzene rings is 2. The zero-order valence-electron chi connectivity index (χ0n) is 16.3. The topological polar surface area (TPSA) is 80.3 Å². The molecule has 1 heterocycles. The second-order valence-corrected chi connectivity index (χ2v) is 7.29. The van der Waals surface area contributed by atoms with Crippen molar-refractivity contribution in [3.05, 3.63) is 59.0 Å². The summed E-state index contributed by atoms with van der Waals surface area (Å²) in [6.45, 7) is 1.34. The number of aromatic nitrogens is 1. The van der Waals surface area contributed by atoms with Crippen molar-refractivity contribution < 1.29 is 23.1 Å². The maximum atomic E-state index is 14.3. The van der Waals surface area contributed by atoms with Crippen molar-refractivity contribution in [3.8, 4) is 17.0 Å². The van der Waals surface area contributed by atoms with Gasteiger partial charge >= 0.3 is 0 Å². The summed E-state index contributed by atoms with van der Waals surface area (Å²) in [5.74, 6) is -1.44. The normalized spacial score (nSPS) is 10.5. The summed E-state index contributed by atoms with van der Waals surface area (Å²) in [5, 5.41) is 7.14. The van der Waals surface area contributed by atoms with E-state index in [4.69, 9.17) is 4.74 Å². The summed E-state index contributed by atoms with van der Waals surface area (Å²) in [6, 6.07) is 8.85. The van der Waals surface area contributed by atoms with E-state index in [-0.39, 0.29) is 29.5 Å². The van der Waals surface area contributed by atoms with Gasteiger partial charge in [-0.3, -0.25) is 9.59 Å². The molecular formula is C21H19F2N3O3S. The molecule has 0 aliphatic carbocycles. The number of thiazole rings is 1. The average Bonchev–Trinajstić information content (AvgIpc) is 3.14. The predicted molar refractivity (Wildman–Crippen MR) is 112 cm³/mol. The van der Waals surface area contributed by atoms with Crippen LogP contribution in [0.4, 0.5) is 19.6 Å². The van der Waals surface area contributed by atoms with E-state index in [9.17, 15) is 18.4 Å². The van der Waals surface area contributed by atoms with Crippen molar-refractivity contribution in [3.63, 3.8) is 0 Å². The number of nitrogens with zero attached hydrogens (tertiary/aromatic N) is 1. The molecule has 2 amide bonds. The number of carbonyl (C=O) groups is 2. The third-order valence-corrected chi connectivity index (χ3v) is 4.93. The monoisotopic (exact) mass is 431 g/mol. The molecule has 1 aromatic heterocycles. The minimum Gasteiger partial charge on any atom is -0.494 e. The number of rotatable bonds is 7. The Bertz CT molecular complexity index is 1090. The average molecular weight is 431 g/mol. The number of ether oxygens (including phenoxy) is 1. The van der Waals surface area contributed by atoms with E-state index in [1.807, 2.05) is 0 Å². The van der Waals surface area contributed by atoms with Crippen molar-refractivity contribution in [2.24, 2.45) is 0 Å². The number of aryl methyl sites for hydroxylation is 1. The Morgan fingerprint density at radius 1 is 1.10 bits per heavy atom. The van der Waals surface area contributed by atoms with E-state index >= 15 is 0 Å². The lowest BCUT2D eigenvalue weighted by atomic mass is 10.1. The standard InChI is InChI=1S/C21H19F2N3O3S/c1-12(27)24-14-5-6-15(16(22)10-14)18-11-30-21(25-18)26-20(28)8-4-13-3-7-19(29-2)17(23)9-13/h3,5-7,9-11H,4,8H2,1-2H3,(H,24,27)(H,25,26,28). The van der Waals surface area contributed by atoms with Gasteiger partial charge in [0.1, 0.15) is 5.82 Å². The zero-order valence-corrected chi connectivity index (χ0v) is 17.1. The number of anilines is 2. The molecular weight excluding hydrogens is 412 g/mol. The number of methoxy groups -OCH3 is 1. The van der Waals surface area contributed by atoms with E-state index in [0.717, 1.165) is 0 Å². The Balaban J connectivity index is 1.60. The van der Waals surface area contributed by atoms with Crippen molar-refractivity contribution in [2.75, 3.05) is 17.7 Å². The first-order valence-corrected chi connectivity index (χ1v) is 9.89. The van der Waals surface area contributed by atoms with E-state index in [2.05, 4.69) is 15.6 Å². The fourth-order valence-corrected chi connectivity index (χ4v) is 3.49. The van der Waals surface area contributed by atoms with Crippen LogP contribution < -0.4 is 15.4 Å². The Morgan fingerprint density at radius 3 is 2.57 bits per heavy atom. The van der Waals surface area contributed by atoms with Gasteiger partial charge in [-0.1, -0.05) is 6.07 Å². The van der Waals surface area contributed by atoms with Gasteiger partial charge in [-0.05, 0) is 42.3 Å². The first-order chi connectivity index (χ1) is 14.4. The Labute approximate surface area is 175 Å². The molecule has 156 valence electrons. The lowest BCUT2D eigenvalue weighted by molar-refractivity contribution is -0.116. The molecule has 0 fully saturated rings. The van der Waals surface area contributed by atoms with Gasteiger partial charge < -0.3 is 15.4 Å². The molecule has 9 heteroatoms. The molecule has 3 rings (SSSR count). The number of nitrogens with one attached hydrogen (secondary N) is 2. The van der Waals surface area contributed by atoms with Crippen molar-refractivity contribution in [2.45, 2.75) is 19.8 Å². The molecule has 2 aromatic carbocycles. The first kappa shape index (κ1) is 21.4. The highest BCUT2D eigenvalue weighted by atomic mass is 32.1. The molecule has 0 spiro atoms. The van der Waals surface area contributed by atoms with E-state index in [1.54, 1.807) is 17.5 Å². The van der Waals surface area contributed by atoms with Gasteiger partial charge in [0.25, 0.3) is 0 Å². The molecule has 0 saturated carbocycles. The summed E-state index contributed by atoms with van der Waals surface area (Å²) in [5.41, 5.74) is 1.65. The fourth-order valence-electron chi connectivity index (χ4n) is 2.76. The molecule has 3 aromatic rings. The van der Waals surface area contributed by atoms with Crippen LogP contribution in [0.1, 0.15) is 18.9 Å². The molecule has 0 bridgehead atoms. The predicted octanol–water partition coefficient (Wildman–Crippen LogP) is 4.63. The summed E-state index contributed by atoms with van der Waals surface area (Å²) in [7, 11) is 1.39. The van der Waals surface area contributed by atoms with Crippen LogP contribution >= 0.6 is 11.3 Å². The number of halogens is 2. The highest BCUT2D eigenvalue weighted by molar-refractivity contribution is 7.14. The van der Waals surface area contributed by atoms with Crippen LogP contribution in [0.15, 0.2) is 41.8 Å². The highest BCUT2D eigenvalue weighted by Crippen LogP contribution is 2.29. The van der Waals surface area contributed by atoms with Gasteiger partial charge in [-0.25, -0.2) is 13.8 Å². The minimum atomic E-state index is -0.536. The fraction of sp³-hybridized carbons (Fsp3) is 0.190.